The van der Waals surface area contributed by atoms with Gasteiger partial charge in [0.05, 0.1) is 5.69 Å². The molecular weight excluding hydrogens is 308 g/mol. The van der Waals surface area contributed by atoms with Crippen molar-refractivity contribution in [2.45, 2.75) is 0 Å². The summed E-state index contributed by atoms with van der Waals surface area (Å²) in [5.74, 6) is 1.40. The fourth-order valence-corrected chi connectivity index (χ4v) is 2.56. The van der Waals surface area contributed by atoms with Gasteiger partial charge in [0.2, 0.25) is 0 Å². The molecule has 4 heteroatoms. The quantitative estimate of drug-likeness (QED) is 0.577. The van der Waals surface area contributed by atoms with E-state index in [1.165, 1.54) is 0 Å². The highest BCUT2D eigenvalue weighted by Gasteiger charge is 2.09. The van der Waals surface area contributed by atoms with E-state index in [1.54, 1.807) is 12.4 Å². The van der Waals surface area contributed by atoms with Crippen molar-refractivity contribution in [3.63, 3.8) is 0 Å². The Morgan fingerprint density at radius 3 is 2.12 bits per heavy atom. The molecule has 2 heterocycles. The van der Waals surface area contributed by atoms with Crippen LogP contribution in [0.4, 0.5) is 11.5 Å². The van der Waals surface area contributed by atoms with Crippen molar-refractivity contribution in [1.82, 2.24) is 15.0 Å². The lowest BCUT2D eigenvalue weighted by Crippen LogP contribution is -1.99. The van der Waals surface area contributed by atoms with Gasteiger partial charge in [-0.25, -0.2) is 9.97 Å². The van der Waals surface area contributed by atoms with Gasteiger partial charge in [0.1, 0.15) is 5.82 Å². The van der Waals surface area contributed by atoms with Crippen LogP contribution in [0.25, 0.3) is 22.6 Å². The first-order valence-corrected chi connectivity index (χ1v) is 8.05. The summed E-state index contributed by atoms with van der Waals surface area (Å²) in [4.78, 5) is 13.6. The molecule has 2 aromatic carbocycles. The molecule has 0 atom stereocenters. The number of nitrogens with one attached hydrogen (secondary N) is 1. The summed E-state index contributed by atoms with van der Waals surface area (Å²) >= 11 is 0. The fourth-order valence-electron chi connectivity index (χ4n) is 2.56. The first kappa shape index (κ1) is 15.0. The van der Waals surface area contributed by atoms with E-state index >= 15 is 0 Å². The van der Waals surface area contributed by atoms with E-state index in [1.807, 2.05) is 78.9 Å². The third kappa shape index (κ3) is 3.53. The Morgan fingerprint density at radius 1 is 0.680 bits per heavy atom. The van der Waals surface area contributed by atoms with Crippen LogP contribution in [0.1, 0.15) is 0 Å². The minimum absolute atomic E-state index is 0.646. The number of pyridine rings is 1. The minimum atomic E-state index is 0.646. The van der Waals surface area contributed by atoms with Crippen molar-refractivity contribution in [2.24, 2.45) is 0 Å². The molecule has 25 heavy (non-hydrogen) atoms. The van der Waals surface area contributed by atoms with Crippen molar-refractivity contribution in [1.29, 1.82) is 0 Å². The molecule has 0 radical (unpaired) electrons. The van der Waals surface area contributed by atoms with Gasteiger partial charge in [0.15, 0.2) is 5.82 Å². The summed E-state index contributed by atoms with van der Waals surface area (Å²) < 4.78 is 0. The molecule has 0 saturated heterocycles. The van der Waals surface area contributed by atoms with Crippen LogP contribution in [-0.2, 0) is 0 Å². The number of hydrogen-bond acceptors (Lipinski definition) is 4. The van der Waals surface area contributed by atoms with Crippen molar-refractivity contribution in [3.05, 3.63) is 91.3 Å². The number of benzene rings is 2. The van der Waals surface area contributed by atoms with Crippen LogP contribution in [0.15, 0.2) is 91.3 Å². The van der Waals surface area contributed by atoms with E-state index < -0.39 is 0 Å². The Hall–Kier alpha value is -3.53. The Balaban J connectivity index is 1.80. The average molecular weight is 324 g/mol. The number of rotatable bonds is 4. The average Bonchev–Trinajstić information content (AvgIpc) is 2.70. The van der Waals surface area contributed by atoms with Crippen molar-refractivity contribution in [3.8, 4) is 22.6 Å². The maximum atomic E-state index is 4.72. The monoisotopic (exact) mass is 324 g/mol. The molecular formula is C21H16N4. The molecule has 0 aliphatic rings. The lowest BCUT2D eigenvalue weighted by molar-refractivity contribution is 1.17. The highest BCUT2D eigenvalue weighted by Crippen LogP contribution is 2.25. The topological polar surface area (TPSA) is 50.7 Å². The number of para-hydroxylation sites is 1. The van der Waals surface area contributed by atoms with Gasteiger partial charge >= 0.3 is 0 Å². The second kappa shape index (κ2) is 6.93. The normalized spacial score (nSPS) is 10.4. The minimum Gasteiger partial charge on any atom is -0.340 e. The lowest BCUT2D eigenvalue weighted by Gasteiger charge is -2.10. The smallest absolute Gasteiger partial charge is 0.163 e. The van der Waals surface area contributed by atoms with E-state index in [4.69, 9.17) is 4.98 Å². The summed E-state index contributed by atoms with van der Waals surface area (Å²) in [5, 5.41) is 3.35. The molecule has 0 unspecified atom stereocenters. The van der Waals surface area contributed by atoms with Crippen LogP contribution < -0.4 is 5.32 Å². The van der Waals surface area contributed by atoms with Crippen LogP contribution in [0.5, 0.6) is 0 Å². The molecule has 0 amide bonds. The molecule has 0 spiro atoms. The predicted octanol–water partition coefficient (Wildman–Crippen LogP) is 4.95. The van der Waals surface area contributed by atoms with Gasteiger partial charge in [-0.05, 0) is 24.3 Å². The zero-order chi connectivity index (χ0) is 16.9. The Bertz CT molecular complexity index is 897. The SMILES string of the molecule is c1ccc(Nc2cc(-c3ccccc3)nc(-c3cccnc3)n2)cc1. The van der Waals surface area contributed by atoms with E-state index in [2.05, 4.69) is 15.3 Å². The molecule has 4 rings (SSSR count). The van der Waals surface area contributed by atoms with Gasteiger partial charge in [-0.2, -0.15) is 0 Å². The number of aromatic nitrogens is 3. The molecule has 4 nitrogen and oxygen atoms in total. The third-order valence-electron chi connectivity index (χ3n) is 3.76. The summed E-state index contributed by atoms with van der Waals surface area (Å²) in [6.07, 6.45) is 3.52. The summed E-state index contributed by atoms with van der Waals surface area (Å²) in [5.41, 5.74) is 3.78. The lowest BCUT2D eigenvalue weighted by atomic mass is 10.1. The zero-order valence-corrected chi connectivity index (χ0v) is 13.5. The third-order valence-corrected chi connectivity index (χ3v) is 3.76. The number of hydrogen-bond donors (Lipinski definition) is 1. The largest absolute Gasteiger partial charge is 0.340 e. The molecule has 0 saturated carbocycles. The first-order valence-electron chi connectivity index (χ1n) is 8.05. The zero-order valence-electron chi connectivity index (χ0n) is 13.5. The standard InChI is InChI=1S/C21H16N4/c1-3-8-16(9-4-1)19-14-20(23-18-11-5-2-6-12-18)25-21(24-19)17-10-7-13-22-15-17/h1-15H,(H,23,24,25). The Morgan fingerprint density at radius 2 is 1.40 bits per heavy atom. The van der Waals surface area contributed by atoms with Crippen molar-refractivity contribution < 1.29 is 0 Å². The summed E-state index contributed by atoms with van der Waals surface area (Å²) in [6, 6.07) is 25.9. The van der Waals surface area contributed by atoms with Crippen LogP contribution in [0, 0.1) is 0 Å². The van der Waals surface area contributed by atoms with Crippen LogP contribution in [0.2, 0.25) is 0 Å². The number of nitrogens with zero attached hydrogens (tertiary/aromatic N) is 3. The van der Waals surface area contributed by atoms with E-state index in [9.17, 15) is 0 Å². The summed E-state index contributed by atoms with van der Waals surface area (Å²) in [6.45, 7) is 0. The maximum Gasteiger partial charge on any atom is 0.163 e. The van der Waals surface area contributed by atoms with Crippen LogP contribution in [-0.4, -0.2) is 15.0 Å². The summed E-state index contributed by atoms with van der Waals surface area (Å²) in [7, 11) is 0. The van der Waals surface area contributed by atoms with E-state index in [-0.39, 0.29) is 0 Å². The van der Waals surface area contributed by atoms with Crippen LogP contribution in [0.3, 0.4) is 0 Å². The van der Waals surface area contributed by atoms with E-state index in [0.29, 0.717) is 5.82 Å². The van der Waals surface area contributed by atoms with Gasteiger partial charge in [-0.1, -0.05) is 48.5 Å². The molecule has 120 valence electrons. The van der Waals surface area contributed by atoms with Gasteiger partial charge < -0.3 is 5.32 Å². The molecule has 2 aromatic heterocycles. The molecule has 0 bridgehead atoms. The second-order valence-electron chi connectivity index (χ2n) is 5.56. The predicted molar refractivity (Wildman–Crippen MR) is 100 cm³/mol. The van der Waals surface area contributed by atoms with Crippen molar-refractivity contribution in [2.75, 3.05) is 5.32 Å². The van der Waals surface area contributed by atoms with Gasteiger partial charge in [0.25, 0.3) is 0 Å². The molecule has 0 aliphatic heterocycles. The molecule has 4 aromatic rings. The molecule has 0 fully saturated rings. The maximum absolute atomic E-state index is 4.72. The second-order valence-corrected chi connectivity index (χ2v) is 5.56. The Kier molecular flexibility index (Phi) is 4.16. The van der Waals surface area contributed by atoms with Gasteiger partial charge in [0, 0.05) is 35.3 Å². The fraction of sp³-hybridized carbons (Fsp3) is 0. The molecule has 1 N–H and O–H groups in total. The van der Waals surface area contributed by atoms with Crippen LogP contribution >= 0.6 is 0 Å². The highest BCUT2D eigenvalue weighted by atomic mass is 15.0. The first-order chi connectivity index (χ1) is 12.4. The van der Waals surface area contributed by atoms with Gasteiger partial charge in [-0.3, -0.25) is 4.98 Å². The van der Waals surface area contributed by atoms with Gasteiger partial charge in [-0.15, -0.1) is 0 Å². The molecule has 0 aliphatic carbocycles. The number of anilines is 2. The Labute approximate surface area is 146 Å². The highest BCUT2D eigenvalue weighted by molar-refractivity contribution is 5.69. The van der Waals surface area contributed by atoms with E-state index in [0.717, 1.165) is 28.3 Å². The van der Waals surface area contributed by atoms with Crippen molar-refractivity contribution >= 4 is 11.5 Å².